The Morgan fingerprint density at radius 3 is 2.15 bits per heavy atom. The zero-order valence-corrected chi connectivity index (χ0v) is 15.2. The highest BCUT2D eigenvalue weighted by atomic mass is 32.1. The second-order valence-corrected chi connectivity index (χ2v) is 7.89. The van der Waals surface area contributed by atoms with Crippen LogP contribution in [-0.2, 0) is 12.0 Å². The molecule has 0 aliphatic heterocycles. The molecule has 1 N–H and O–H groups in total. The van der Waals surface area contributed by atoms with Gasteiger partial charge in [0.15, 0.2) is 0 Å². The van der Waals surface area contributed by atoms with Gasteiger partial charge in [0.2, 0.25) is 0 Å². The lowest BCUT2D eigenvalue weighted by Crippen LogP contribution is -2.25. The summed E-state index contributed by atoms with van der Waals surface area (Å²) >= 11 is 1.92. The number of rotatable bonds is 7. The van der Waals surface area contributed by atoms with Crippen molar-refractivity contribution in [2.75, 3.05) is 0 Å². The predicted molar refractivity (Wildman–Crippen MR) is 90.7 cm³/mol. The molecule has 1 atom stereocenters. The fourth-order valence-corrected chi connectivity index (χ4v) is 3.79. The Morgan fingerprint density at radius 2 is 1.70 bits per heavy atom. The molecule has 1 heterocycles. The van der Waals surface area contributed by atoms with E-state index in [2.05, 4.69) is 53.8 Å². The van der Waals surface area contributed by atoms with Crippen molar-refractivity contribution in [3.8, 4) is 0 Å². The van der Waals surface area contributed by atoms with E-state index in [9.17, 15) is 0 Å². The maximum atomic E-state index is 5.01. The Labute approximate surface area is 129 Å². The van der Waals surface area contributed by atoms with E-state index < -0.39 is 0 Å². The molecule has 0 bridgehead atoms. The van der Waals surface area contributed by atoms with E-state index in [-0.39, 0.29) is 5.41 Å². The Balaban J connectivity index is 3.01. The van der Waals surface area contributed by atoms with Gasteiger partial charge < -0.3 is 5.32 Å². The Bertz CT molecular complexity index is 400. The molecule has 0 aliphatic carbocycles. The average Bonchev–Trinajstić information content (AvgIpc) is 2.81. The third kappa shape index (κ3) is 4.56. The van der Waals surface area contributed by atoms with E-state index in [1.807, 2.05) is 11.3 Å². The molecule has 0 spiro atoms. The Hall–Kier alpha value is -0.410. The molecule has 0 radical (unpaired) electrons. The summed E-state index contributed by atoms with van der Waals surface area (Å²) in [6.45, 7) is 16.8. The number of aromatic nitrogens is 1. The fraction of sp³-hybridized carbons (Fsp3) is 0.824. The summed E-state index contributed by atoms with van der Waals surface area (Å²) in [6, 6.07) is 0.571. The minimum Gasteiger partial charge on any atom is -0.309 e. The van der Waals surface area contributed by atoms with Crippen LogP contribution in [0.15, 0.2) is 0 Å². The summed E-state index contributed by atoms with van der Waals surface area (Å²) < 4.78 is 0. The van der Waals surface area contributed by atoms with Gasteiger partial charge in [-0.1, -0.05) is 41.5 Å². The standard InChI is InChI=1S/C17H32N2S/c1-8-12(4)18-11-14-15(17(5,6)7)19-16(20-14)13(9-2)10-3/h12-13,18H,8-11H2,1-7H3. The van der Waals surface area contributed by atoms with Crippen LogP contribution in [0.5, 0.6) is 0 Å². The normalized spacial score (nSPS) is 14.0. The van der Waals surface area contributed by atoms with Crippen molar-refractivity contribution in [3.05, 3.63) is 15.6 Å². The fourth-order valence-electron chi connectivity index (χ4n) is 2.30. The van der Waals surface area contributed by atoms with Crippen molar-refractivity contribution >= 4 is 11.3 Å². The van der Waals surface area contributed by atoms with Gasteiger partial charge in [-0.25, -0.2) is 4.98 Å². The van der Waals surface area contributed by atoms with Crippen molar-refractivity contribution in [1.82, 2.24) is 10.3 Å². The highest BCUT2D eigenvalue weighted by Gasteiger charge is 2.25. The van der Waals surface area contributed by atoms with Crippen LogP contribution in [0.3, 0.4) is 0 Å². The third-order valence-corrected chi connectivity index (χ3v) is 5.20. The van der Waals surface area contributed by atoms with Gasteiger partial charge in [0.25, 0.3) is 0 Å². The number of hydrogen-bond donors (Lipinski definition) is 1. The molecule has 0 saturated carbocycles. The van der Waals surface area contributed by atoms with Gasteiger partial charge in [-0.2, -0.15) is 0 Å². The van der Waals surface area contributed by atoms with Crippen LogP contribution in [0.1, 0.15) is 89.2 Å². The molecule has 20 heavy (non-hydrogen) atoms. The highest BCUT2D eigenvalue weighted by molar-refractivity contribution is 7.11. The molecule has 0 aliphatic rings. The van der Waals surface area contributed by atoms with E-state index in [0.29, 0.717) is 12.0 Å². The lowest BCUT2D eigenvalue weighted by molar-refractivity contribution is 0.518. The molecule has 2 nitrogen and oxygen atoms in total. The lowest BCUT2D eigenvalue weighted by Gasteiger charge is -2.19. The van der Waals surface area contributed by atoms with Crippen LogP contribution >= 0.6 is 11.3 Å². The van der Waals surface area contributed by atoms with Crippen LogP contribution < -0.4 is 5.32 Å². The van der Waals surface area contributed by atoms with E-state index in [1.165, 1.54) is 34.8 Å². The number of nitrogens with one attached hydrogen (secondary N) is 1. The van der Waals surface area contributed by atoms with Gasteiger partial charge in [0.05, 0.1) is 10.7 Å². The SMILES string of the molecule is CCC(C)NCc1sc(C(CC)CC)nc1C(C)(C)C. The van der Waals surface area contributed by atoms with Gasteiger partial charge in [-0.05, 0) is 26.2 Å². The molecule has 1 aromatic rings. The highest BCUT2D eigenvalue weighted by Crippen LogP contribution is 2.35. The van der Waals surface area contributed by atoms with Gasteiger partial charge in [-0.3, -0.25) is 0 Å². The summed E-state index contributed by atoms with van der Waals surface area (Å²) in [5, 5.41) is 4.95. The van der Waals surface area contributed by atoms with Crippen LogP contribution in [0.4, 0.5) is 0 Å². The number of hydrogen-bond acceptors (Lipinski definition) is 3. The van der Waals surface area contributed by atoms with E-state index in [4.69, 9.17) is 4.98 Å². The van der Waals surface area contributed by atoms with Crippen LogP contribution in [0.25, 0.3) is 0 Å². The molecular formula is C17H32N2S. The Kier molecular flexibility index (Phi) is 6.67. The monoisotopic (exact) mass is 296 g/mol. The van der Waals surface area contributed by atoms with Crippen LogP contribution in [-0.4, -0.2) is 11.0 Å². The predicted octanol–water partition coefficient (Wildman–Crippen LogP) is 5.23. The lowest BCUT2D eigenvalue weighted by atomic mass is 9.91. The summed E-state index contributed by atoms with van der Waals surface area (Å²) in [5.41, 5.74) is 1.42. The Morgan fingerprint density at radius 1 is 1.10 bits per heavy atom. The molecule has 0 saturated heterocycles. The second-order valence-electron chi connectivity index (χ2n) is 6.78. The molecular weight excluding hydrogens is 264 g/mol. The summed E-state index contributed by atoms with van der Waals surface area (Å²) in [6.07, 6.45) is 3.54. The number of nitrogens with zero attached hydrogens (tertiary/aromatic N) is 1. The minimum atomic E-state index is 0.132. The van der Waals surface area contributed by atoms with Crippen molar-refractivity contribution in [1.29, 1.82) is 0 Å². The molecule has 0 amide bonds. The zero-order valence-electron chi connectivity index (χ0n) is 14.3. The van der Waals surface area contributed by atoms with E-state index in [1.54, 1.807) is 0 Å². The quantitative estimate of drug-likeness (QED) is 0.745. The largest absolute Gasteiger partial charge is 0.309 e. The smallest absolute Gasteiger partial charge is 0.0962 e. The van der Waals surface area contributed by atoms with Crippen LogP contribution in [0, 0.1) is 0 Å². The zero-order chi connectivity index (χ0) is 15.3. The van der Waals surface area contributed by atoms with Gasteiger partial charge >= 0.3 is 0 Å². The summed E-state index contributed by atoms with van der Waals surface area (Å²) in [5.74, 6) is 0.624. The van der Waals surface area contributed by atoms with Crippen molar-refractivity contribution in [3.63, 3.8) is 0 Å². The topological polar surface area (TPSA) is 24.9 Å². The molecule has 0 aromatic carbocycles. The minimum absolute atomic E-state index is 0.132. The first-order chi connectivity index (χ1) is 9.33. The average molecular weight is 297 g/mol. The third-order valence-electron chi connectivity index (χ3n) is 3.98. The molecule has 1 unspecified atom stereocenters. The molecule has 3 heteroatoms. The number of thiazole rings is 1. The second kappa shape index (κ2) is 7.56. The van der Waals surface area contributed by atoms with Crippen molar-refractivity contribution in [2.24, 2.45) is 0 Å². The van der Waals surface area contributed by atoms with Gasteiger partial charge in [-0.15, -0.1) is 11.3 Å². The first-order valence-corrected chi connectivity index (χ1v) is 8.88. The molecule has 0 fully saturated rings. The van der Waals surface area contributed by atoms with E-state index >= 15 is 0 Å². The van der Waals surface area contributed by atoms with E-state index in [0.717, 1.165) is 6.54 Å². The summed E-state index contributed by atoms with van der Waals surface area (Å²) in [7, 11) is 0. The van der Waals surface area contributed by atoms with Crippen LogP contribution in [0.2, 0.25) is 0 Å². The molecule has 1 aromatic heterocycles. The van der Waals surface area contributed by atoms with Gasteiger partial charge in [0, 0.05) is 28.8 Å². The van der Waals surface area contributed by atoms with Crippen molar-refractivity contribution < 1.29 is 0 Å². The first kappa shape index (κ1) is 17.6. The van der Waals surface area contributed by atoms with Crippen molar-refractivity contribution in [2.45, 2.75) is 91.6 Å². The first-order valence-electron chi connectivity index (χ1n) is 8.06. The maximum Gasteiger partial charge on any atom is 0.0962 e. The summed E-state index contributed by atoms with van der Waals surface area (Å²) in [4.78, 5) is 6.44. The maximum absolute atomic E-state index is 5.01. The van der Waals surface area contributed by atoms with Gasteiger partial charge in [0.1, 0.15) is 0 Å². The molecule has 1 rings (SSSR count). The molecule has 116 valence electrons.